The van der Waals surface area contributed by atoms with Crippen LogP contribution in [0.15, 0.2) is 24.3 Å². The van der Waals surface area contributed by atoms with Crippen LogP contribution in [0.5, 0.6) is 5.88 Å². The van der Waals surface area contributed by atoms with Crippen molar-refractivity contribution in [3.63, 3.8) is 0 Å². The Kier molecular flexibility index (Phi) is 7.77. The number of carbonyl (C=O) groups is 1. The van der Waals surface area contributed by atoms with Gasteiger partial charge in [-0.05, 0) is 49.8 Å². The molecule has 3 aromatic rings. The molecule has 2 heterocycles. The molecule has 2 aromatic heterocycles. The quantitative estimate of drug-likeness (QED) is 0.339. The van der Waals surface area contributed by atoms with Crippen LogP contribution in [0, 0.1) is 5.92 Å². The van der Waals surface area contributed by atoms with Gasteiger partial charge < -0.3 is 15.4 Å². The standard InChI is InChI=1S/C24H25ClF5N5O2/c1-12-6-8-13(9-7-12)31-21(36)14-10-17-20(34-22(14)37-11-18(26)27)35(2)23(32-17)33-19-15(24(28,29)30)4-3-5-16(19)25/h3-5,10,12-13,18H,6-9,11H2,1-2H3,(H,31,36)(H,32,33)/t12-,13-. The molecular weight excluding hydrogens is 521 g/mol. The molecule has 4 rings (SSSR count). The second kappa shape index (κ2) is 10.7. The van der Waals surface area contributed by atoms with Crippen LogP contribution in [0.25, 0.3) is 11.2 Å². The monoisotopic (exact) mass is 545 g/mol. The number of anilines is 2. The van der Waals surface area contributed by atoms with Crippen LogP contribution in [0.1, 0.15) is 48.5 Å². The summed E-state index contributed by atoms with van der Waals surface area (Å²) >= 11 is 6.04. The topological polar surface area (TPSA) is 81.1 Å². The molecule has 1 aliphatic rings. The molecule has 200 valence electrons. The lowest BCUT2D eigenvalue weighted by molar-refractivity contribution is -0.136. The first-order valence-electron chi connectivity index (χ1n) is 11.7. The number of ether oxygens (including phenoxy) is 1. The number of imidazole rings is 1. The highest BCUT2D eigenvalue weighted by molar-refractivity contribution is 6.33. The van der Waals surface area contributed by atoms with Gasteiger partial charge in [0.1, 0.15) is 11.1 Å². The second-order valence-electron chi connectivity index (χ2n) is 9.10. The van der Waals surface area contributed by atoms with Crippen LogP contribution in [0.2, 0.25) is 5.02 Å². The maximum atomic E-state index is 13.5. The number of halogens is 6. The molecule has 1 aliphatic carbocycles. The molecule has 13 heteroatoms. The molecule has 0 spiro atoms. The van der Waals surface area contributed by atoms with Gasteiger partial charge in [0.2, 0.25) is 11.8 Å². The van der Waals surface area contributed by atoms with E-state index in [0.717, 1.165) is 31.7 Å². The van der Waals surface area contributed by atoms with E-state index in [1.165, 1.54) is 29.8 Å². The zero-order valence-corrected chi connectivity index (χ0v) is 20.8. The average Bonchev–Trinajstić information content (AvgIpc) is 3.13. The molecule has 0 bridgehead atoms. The molecule has 1 aromatic carbocycles. The summed E-state index contributed by atoms with van der Waals surface area (Å²) in [6.45, 7) is 1.15. The molecule has 7 nitrogen and oxygen atoms in total. The normalized spacial score (nSPS) is 18.3. The summed E-state index contributed by atoms with van der Waals surface area (Å²) in [5.41, 5.74) is -1.24. The number of hydrogen-bond acceptors (Lipinski definition) is 5. The van der Waals surface area contributed by atoms with E-state index in [0.29, 0.717) is 5.92 Å². The predicted molar refractivity (Wildman–Crippen MR) is 129 cm³/mol. The first-order valence-corrected chi connectivity index (χ1v) is 12.0. The Balaban J connectivity index is 1.71. The third-order valence-electron chi connectivity index (χ3n) is 6.31. The smallest absolute Gasteiger partial charge is 0.418 e. The third-order valence-corrected chi connectivity index (χ3v) is 6.62. The minimum Gasteiger partial charge on any atom is -0.471 e. The van der Waals surface area contributed by atoms with Crippen molar-refractivity contribution in [1.29, 1.82) is 0 Å². The number of aryl methyl sites for hydroxylation is 1. The van der Waals surface area contributed by atoms with Crippen molar-refractivity contribution in [3.8, 4) is 5.88 Å². The van der Waals surface area contributed by atoms with Crippen molar-refractivity contribution in [1.82, 2.24) is 19.9 Å². The van der Waals surface area contributed by atoms with Crippen LogP contribution in [0.3, 0.4) is 0 Å². The summed E-state index contributed by atoms with van der Waals surface area (Å²) in [6.07, 6.45) is -4.02. The fraction of sp³-hybridized carbons (Fsp3) is 0.458. The molecule has 2 N–H and O–H groups in total. The van der Waals surface area contributed by atoms with Gasteiger partial charge in [0.15, 0.2) is 12.3 Å². The number of carbonyl (C=O) groups excluding carboxylic acids is 1. The SMILES string of the molecule is Cn1c(Nc2c(Cl)cccc2C(F)(F)F)nc2cc(C(=O)N[C@H]3CC[C@H](C)CC3)c(OCC(F)F)nc21. The average molecular weight is 546 g/mol. The van der Waals surface area contributed by atoms with E-state index in [4.69, 9.17) is 16.3 Å². The highest BCUT2D eigenvalue weighted by Crippen LogP contribution is 2.40. The van der Waals surface area contributed by atoms with Crippen LogP contribution in [0.4, 0.5) is 33.6 Å². The molecule has 0 atom stereocenters. The van der Waals surface area contributed by atoms with Crippen LogP contribution in [-0.2, 0) is 13.2 Å². The molecule has 1 amide bonds. The van der Waals surface area contributed by atoms with Crippen molar-refractivity contribution >= 4 is 40.3 Å². The number of pyridine rings is 1. The maximum absolute atomic E-state index is 13.5. The fourth-order valence-corrected chi connectivity index (χ4v) is 4.51. The van der Waals surface area contributed by atoms with Gasteiger partial charge in [-0.2, -0.15) is 18.2 Å². The number of rotatable bonds is 7. The minimum absolute atomic E-state index is 0.0558. The third kappa shape index (κ3) is 6.06. The first kappa shape index (κ1) is 26.9. The molecule has 0 radical (unpaired) electrons. The van der Waals surface area contributed by atoms with E-state index in [9.17, 15) is 26.7 Å². The molecule has 0 saturated heterocycles. The van der Waals surface area contributed by atoms with E-state index >= 15 is 0 Å². The summed E-state index contributed by atoms with van der Waals surface area (Å²) in [5, 5.41) is 5.31. The zero-order valence-electron chi connectivity index (χ0n) is 20.0. The lowest BCUT2D eigenvalue weighted by atomic mass is 9.87. The number of nitrogens with one attached hydrogen (secondary N) is 2. The van der Waals surface area contributed by atoms with E-state index in [2.05, 4.69) is 27.5 Å². The van der Waals surface area contributed by atoms with Gasteiger partial charge in [0, 0.05) is 13.1 Å². The van der Waals surface area contributed by atoms with Gasteiger partial charge >= 0.3 is 6.18 Å². The Bertz CT molecular complexity index is 1290. The second-order valence-corrected chi connectivity index (χ2v) is 9.50. The minimum atomic E-state index is -4.69. The summed E-state index contributed by atoms with van der Waals surface area (Å²) in [7, 11) is 1.47. The number of para-hydroxylation sites is 1. The Morgan fingerprint density at radius 2 is 1.92 bits per heavy atom. The Morgan fingerprint density at radius 1 is 1.22 bits per heavy atom. The Morgan fingerprint density at radius 3 is 2.57 bits per heavy atom. The van der Waals surface area contributed by atoms with Crippen LogP contribution < -0.4 is 15.4 Å². The lowest BCUT2D eigenvalue weighted by Crippen LogP contribution is -2.37. The van der Waals surface area contributed by atoms with Gasteiger partial charge in [-0.3, -0.25) is 9.36 Å². The van der Waals surface area contributed by atoms with E-state index < -0.39 is 36.4 Å². The highest BCUT2D eigenvalue weighted by atomic mass is 35.5. The van der Waals surface area contributed by atoms with E-state index in [1.807, 2.05) is 0 Å². The van der Waals surface area contributed by atoms with Gasteiger partial charge in [-0.15, -0.1) is 0 Å². The van der Waals surface area contributed by atoms with Gasteiger partial charge in [-0.25, -0.2) is 13.8 Å². The summed E-state index contributed by atoms with van der Waals surface area (Å²) in [6, 6.07) is 4.60. The fourth-order valence-electron chi connectivity index (χ4n) is 4.29. The molecule has 1 fully saturated rings. The summed E-state index contributed by atoms with van der Waals surface area (Å²) in [4.78, 5) is 21.6. The largest absolute Gasteiger partial charge is 0.471 e. The lowest BCUT2D eigenvalue weighted by Gasteiger charge is -2.27. The highest BCUT2D eigenvalue weighted by Gasteiger charge is 2.35. The number of fused-ring (bicyclic) bond motifs is 1. The zero-order chi connectivity index (χ0) is 26.9. The van der Waals surface area contributed by atoms with Gasteiger partial charge in [0.05, 0.1) is 16.3 Å². The number of hydrogen-bond donors (Lipinski definition) is 2. The molecule has 37 heavy (non-hydrogen) atoms. The number of amides is 1. The number of nitrogens with zero attached hydrogens (tertiary/aromatic N) is 3. The number of aromatic nitrogens is 3. The molecule has 0 aliphatic heterocycles. The Labute approximate surface area is 214 Å². The molecular formula is C24H25ClF5N5O2. The molecule has 1 saturated carbocycles. The number of alkyl halides is 5. The Hall–Kier alpha value is -3.15. The van der Waals surface area contributed by atoms with Crippen molar-refractivity contribution in [2.24, 2.45) is 13.0 Å². The van der Waals surface area contributed by atoms with E-state index in [1.54, 1.807) is 0 Å². The van der Waals surface area contributed by atoms with Gasteiger partial charge in [0.25, 0.3) is 12.3 Å². The predicted octanol–water partition coefficient (Wildman–Crippen LogP) is 6.34. The van der Waals surface area contributed by atoms with E-state index in [-0.39, 0.29) is 39.6 Å². The van der Waals surface area contributed by atoms with Crippen molar-refractivity contribution in [3.05, 3.63) is 40.4 Å². The van der Waals surface area contributed by atoms with Crippen LogP contribution in [-0.4, -0.2) is 39.5 Å². The summed E-state index contributed by atoms with van der Waals surface area (Å²) in [5.74, 6) is -0.368. The molecule has 0 unspecified atom stereocenters. The maximum Gasteiger partial charge on any atom is 0.418 e. The van der Waals surface area contributed by atoms with Crippen molar-refractivity contribution < 1.29 is 31.5 Å². The van der Waals surface area contributed by atoms with Crippen molar-refractivity contribution in [2.45, 2.75) is 51.3 Å². The van der Waals surface area contributed by atoms with Gasteiger partial charge in [-0.1, -0.05) is 24.6 Å². The van der Waals surface area contributed by atoms with Crippen molar-refractivity contribution in [2.75, 3.05) is 11.9 Å². The first-order chi connectivity index (χ1) is 17.4. The summed E-state index contributed by atoms with van der Waals surface area (Å²) < 4.78 is 72.8. The van der Waals surface area contributed by atoms with Crippen LogP contribution >= 0.6 is 11.6 Å². The number of benzene rings is 1.